The molecule has 0 aromatic carbocycles. The van der Waals surface area contributed by atoms with Crippen LogP contribution in [0.15, 0.2) is 0 Å². The summed E-state index contributed by atoms with van der Waals surface area (Å²) >= 11 is 1.24. The van der Waals surface area contributed by atoms with Crippen molar-refractivity contribution in [3.63, 3.8) is 0 Å². The third kappa shape index (κ3) is 6.22. The monoisotopic (exact) mass is 283 g/mol. The fraction of sp³-hybridized carbons (Fsp3) is 1.00. The maximum absolute atomic E-state index is 12.3. The molecular formula is C10H22NO4PS. The van der Waals surface area contributed by atoms with Crippen LogP contribution < -0.4 is 0 Å². The van der Waals surface area contributed by atoms with E-state index in [0.29, 0.717) is 5.88 Å². The first kappa shape index (κ1) is 15.5. The normalized spacial score (nSPS) is 22.4. The van der Waals surface area contributed by atoms with Crippen molar-refractivity contribution in [3.8, 4) is 0 Å². The first-order chi connectivity index (χ1) is 7.85. The molecule has 1 aliphatic heterocycles. The van der Waals surface area contributed by atoms with E-state index in [0.717, 1.165) is 26.3 Å². The molecule has 1 fully saturated rings. The number of rotatable bonds is 5. The second-order valence-electron chi connectivity index (χ2n) is 4.82. The Labute approximate surface area is 107 Å². The van der Waals surface area contributed by atoms with E-state index in [9.17, 15) is 4.57 Å². The fourth-order valence-corrected chi connectivity index (χ4v) is 4.86. The maximum atomic E-state index is 12.3. The van der Waals surface area contributed by atoms with Crippen molar-refractivity contribution in [2.24, 2.45) is 0 Å². The zero-order chi connectivity index (χ0) is 12.9. The Kier molecular flexibility index (Phi) is 5.96. The van der Waals surface area contributed by atoms with Crippen LogP contribution in [0.1, 0.15) is 20.8 Å². The van der Waals surface area contributed by atoms with Gasteiger partial charge in [-0.05, 0) is 32.2 Å². The van der Waals surface area contributed by atoms with Crippen LogP contribution in [0.5, 0.6) is 0 Å². The van der Waals surface area contributed by atoms with Gasteiger partial charge in [0.1, 0.15) is 0 Å². The molecule has 0 amide bonds. The van der Waals surface area contributed by atoms with Crippen molar-refractivity contribution in [1.82, 2.24) is 4.90 Å². The van der Waals surface area contributed by atoms with Crippen LogP contribution in [-0.2, 0) is 18.3 Å². The van der Waals surface area contributed by atoms with Crippen molar-refractivity contribution >= 4 is 18.2 Å². The molecule has 0 saturated carbocycles. The quantitative estimate of drug-likeness (QED) is 0.723. The van der Waals surface area contributed by atoms with E-state index in [-0.39, 0.29) is 0 Å². The van der Waals surface area contributed by atoms with E-state index in [2.05, 4.69) is 4.90 Å². The first-order valence-corrected chi connectivity index (χ1v) is 8.79. The Morgan fingerprint density at radius 2 is 1.94 bits per heavy atom. The van der Waals surface area contributed by atoms with Gasteiger partial charge in [-0.2, -0.15) is 0 Å². The second-order valence-corrected chi connectivity index (χ2v) is 8.90. The first-order valence-electron chi connectivity index (χ1n) is 5.66. The lowest BCUT2D eigenvalue weighted by Gasteiger charge is -2.29. The van der Waals surface area contributed by atoms with Gasteiger partial charge < -0.3 is 9.26 Å². The van der Waals surface area contributed by atoms with Crippen LogP contribution in [0.2, 0.25) is 0 Å². The standard InChI is InChI=1S/C10H22NO4PS/c1-10(2,3)15-16(12,13-4)17-9-11-5-7-14-8-6-11/h5-9H2,1-4H3. The highest BCUT2D eigenvalue weighted by molar-refractivity contribution is 8.55. The van der Waals surface area contributed by atoms with Crippen molar-refractivity contribution in [1.29, 1.82) is 0 Å². The molecular weight excluding hydrogens is 261 g/mol. The number of nitrogens with zero attached hydrogens (tertiary/aromatic N) is 1. The Balaban J connectivity index is 2.42. The molecule has 1 unspecified atom stereocenters. The van der Waals surface area contributed by atoms with Crippen molar-refractivity contribution < 1.29 is 18.3 Å². The van der Waals surface area contributed by atoms with Crippen LogP contribution in [0, 0.1) is 0 Å². The summed E-state index contributed by atoms with van der Waals surface area (Å²) in [7, 11) is 1.43. The Morgan fingerprint density at radius 1 is 1.35 bits per heavy atom. The van der Waals surface area contributed by atoms with Gasteiger partial charge in [0.15, 0.2) is 0 Å². The van der Waals surface area contributed by atoms with E-state index >= 15 is 0 Å². The van der Waals surface area contributed by atoms with Crippen LogP contribution in [0.25, 0.3) is 0 Å². The SMILES string of the molecule is COP(=O)(OC(C)(C)C)SCN1CCOCC1. The minimum Gasteiger partial charge on any atom is -0.379 e. The van der Waals surface area contributed by atoms with E-state index in [1.54, 1.807) is 0 Å². The second kappa shape index (κ2) is 6.55. The van der Waals surface area contributed by atoms with Gasteiger partial charge in [-0.1, -0.05) is 0 Å². The molecule has 0 aliphatic carbocycles. The molecule has 5 nitrogen and oxygen atoms in total. The van der Waals surface area contributed by atoms with Crippen LogP contribution in [0.3, 0.4) is 0 Å². The van der Waals surface area contributed by atoms with Gasteiger partial charge in [-0.25, -0.2) is 4.57 Å². The van der Waals surface area contributed by atoms with Gasteiger partial charge in [-0.3, -0.25) is 9.42 Å². The lowest BCUT2D eigenvalue weighted by Crippen LogP contribution is -2.35. The summed E-state index contributed by atoms with van der Waals surface area (Å²) in [5.41, 5.74) is -0.469. The predicted octanol–water partition coefficient (Wildman–Crippen LogP) is 2.58. The minimum absolute atomic E-state index is 0.469. The molecule has 1 atom stereocenters. The molecule has 0 aromatic heterocycles. The molecule has 1 heterocycles. The van der Waals surface area contributed by atoms with Crippen molar-refractivity contribution in [2.45, 2.75) is 26.4 Å². The van der Waals surface area contributed by atoms with E-state index < -0.39 is 12.4 Å². The number of ether oxygens (including phenoxy) is 1. The van der Waals surface area contributed by atoms with Crippen LogP contribution in [0.4, 0.5) is 0 Å². The molecule has 0 aromatic rings. The smallest absolute Gasteiger partial charge is 0.379 e. The summed E-state index contributed by atoms with van der Waals surface area (Å²) in [5.74, 6) is 0.643. The molecule has 0 bridgehead atoms. The molecule has 7 heteroatoms. The lowest BCUT2D eigenvalue weighted by molar-refractivity contribution is 0.0473. The highest BCUT2D eigenvalue weighted by Crippen LogP contribution is 2.62. The highest BCUT2D eigenvalue weighted by Gasteiger charge is 2.31. The lowest BCUT2D eigenvalue weighted by atomic mass is 10.2. The summed E-state index contributed by atoms with van der Waals surface area (Å²) in [6, 6.07) is 0. The molecule has 1 rings (SSSR count). The number of hydrogen-bond acceptors (Lipinski definition) is 6. The average Bonchev–Trinajstić information content (AvgIpc) is 2.26. The summed E-state index contributed by atoms with van der Waals surface area (Å²) in [4.78, 5) is 2.19. The Bertz CT molecular complexity index is 276. The van der Waals surface area contributed by atoms with Gasteiger partial charge in [0.25, 0.3) is 0 Å². The van der Waals surface area contributed by atoms with Gasteiger partial charge in [0.2, 0.25) is 0 Å². The minimum atomic E-state index is -3.05. The zero-order valence-electron chi connectivity index (χ0n) is 11.0. The Hall–Kier alpha value is 0.420. The summed E-state index contributed by atoms with van der Waals surface area (Å²) in [5, 5.41) is 0. The zero-order valence-corrected chi connectivity index (χ0v) is 12.7. The topological polar surface area (TPSA) is 48.0 Å². The van der Waals surface area contributed by atoms with E-state index in [4.69, 9.17) is 13.8 Å². The third-order valence-electron chi connectivity index (χ3n) is 2.11. The molecule has 0 spiro atoms. The molecule has 1 saturated heterocycles. The van der Waals surface area contributed by atoms with Gasteiger partial charge in [0, 0.05) is 20.2 Å². The fourth-order valence-electron chi connectivity index (χ4n) is 1.33. The third-order valence-corrected chi connectivity index (χ3v) is 6.09. The Morgan fingerprint density at radius 3 is 2.41 bits per heavy atom. The average molecular weight is 283 g/mol. The summed E-state index contributed by atoms with van der Waals surface area (Å²) in [6.07, 6.45) is 0. The molecule has 0 N–H and O–H groups in total. The van der Waals surface area contributed by atoms with Gasteiger partial charge in [0.05, 0.1) is 24.7 Å². The van der Waals surface area contributed by atoms with E-state index in [1.165, 1.54) is 18.5 Å². The summed E-state index contributed by atoms with van der Waals surface area (Å²) in [6.45, 7) is 5.76. The number of hydrogen-bond donors (Lipinski definition) is 0. The molecule has 102 valence electrons. The highest BCUT2D eigenvalue weighted by atomic mass is 32.7. The van der Waals surface area contributed by atoms with Crippen molar-refractivity contribution in [3.05, 3.63) is 0 Å². The molecule has 0 radical (unpaired) electrons. The molecule has 1 aliphatic rings. The maximum Gasteiger partial charge on any atom is 0.390 e. The van der Waals surface area contributed by atoms with Gasteiger partial charge in [-0.15, -0.1) is 0 Å². The summed E-state index contributed by atoms with van der Waals surface area (Å²) < 4.78 is 28.1. The predicted molar refractivity (Wildman–Crippen MR) is 70.3 cm³/mol. The van der Waals surface area contributed by atoms with E-state index in [1.807, 2.05) is 20.8 Å². The van der Waals surface area contributed by atoms with Crippen LogP contribution in [-0.4, -0.2) is 49.8 Å². The largest absolute Gasteiger partial charge is 0.390 e. The molecule has 17 heavy (non-hydrogen) atoms. The number of morpholine rings is 1. The van der Waals surface area contributed by atoms with Crippen LogP contribution >= 0.6 is 18.2 Å². The van der Waals surface area contributed by atoms with Crippen molar-refractivity contribution in [2.75, 3.05) is 39.3 Å². The van der Waals surface area contributed by atoms with Gasteiger partial charge >= 0.3 is 6.80 Å².